The van der Waals surface area contributed by atoms with Crippen LogP contribution in [-0.2, 0) is 9.09 Å². The summed E-state index contributed by atoms with van der Waals surface area (Å²) in [5.41, 5.74) is 6.56. The van der Waals surface area contributed by atoms with Crippen LogP contribution in [0.4, 0.5) is 0 Å². The van der Waals surface area contributed by atoms with Crippen molar-refractivity contribution in [1.29, 1.82) is 0 Å². The van der Waals surface area contributed by atoms with Crippen molar-refractivity contribution in [3.63, 3.8) is 0 Å². The van der Waals surface area contributed by atoms with E-state index < -0.39 is 8.69 Å². The van der Waals surface area contributed by atoms with Crippen LogP contribution in [0.2, 0.25) is 0 Å². The summed E-state index contributed by atoms with van der Waals surface area (Å²) in [7, 11) is -0.685. The highest BCUT2D eigenvalue weighted by Gasteiger charge is 2.19. The molecule has 0 amide bonds. The van der Waals surface area contributed by atoms with E-state index in [1.165, 1.54) is 27.8 Å². The van der Waals surface area contributed by atoms with Crippen LogP contribution >= 0.6 is 8.69 Å². The smallest absolute Gasteiger partial charge is 0.148 e. The van der Waals surface area contributed by atoms with Gasteiger partial charge in [0.25, 0.3) is 0 Å². The third-order valence-electron chi connectivity index (χ3n) is 3.86. The predicted octanol–water partition coefficient (Wildman–Crippen LogP) is 5.09. The third-order valence-corrected chi connectivity index (χ3v) is 4.18. The van der Waals surface area contributed by atoms with Gasteiger partial charge in [0.15, 0.2) is 0 Å². The molecule has 2 aromatic rings. The van der Waals surface area contributed by atoms with Crippen LogP contribution in [0.1, 0.15) is 40.2 Å². The largest absolute Gasteiger partial charge is 0.494 e. The Morgan fingerprint density at radius 2 is 1.67 bits per heavy atom. The zero-order valence-corrected chi connectivity index (χ0v) is 13.8. The highest BCUT2D eigenvalue weighted by molar-refractivity contribution is 7.17. The maximum atomic E-state index is 10.6. The lowest BCUT2D eigenvalue weighted by molar-refractivity contribution is 0.327. The summed E-state index contributed by atoms with van der Waals surface area (Å²) in [6.07, 6.45) is 0.837. The lowest BCUT2D eigenvalue weighted by Gasteiger charge is -2.22. The fourth-order valence-corrected chi connectivity index (χ4v) is 3.32. The summed E-state index contributed by atoms with van der Waals surface area (Å²) < 4.78 is 15.7. The molecule has 0 heterocycles. The molecule has 3 heteroatoms. The molecule has 110 valence electrons. The van der Waals surface area contributed by atoms with Gasteiger partial charge in [-0.05, 0) is 54.0 Å². The molecule has 0 saturated heterocycles. The Morgan fingerprint density at radius 1 is 1.05 bits per heavy atom. The van der Waals surface area contributed by atoms with E-state index in [0.717, 1.165) is 6.42 Å². The van der Waals surface area contributed by atoms with Crippen molar-refractivity contribution in [2.75, 3.05) is 6.61 Å². The van der Waals surface area contributed by atoms with Gasteiger partial charge in [-0.1, -0.05) is 48.0 Å². The van der Waals surface area contributed by atoms with Crippen LogP contribution in [-0.4, -0.2) is 6.61 Å². The maximum Gasteiger partial charge on any atom is 0.494 e. The molecule has 21 heavy (non-hydrogen) atoms. The molecule has 0 aliphatic rings. The Labute approximate surface area is 128 Å². The molecule has 0 radical (unpaired) electrons. The average Bonchev–Trinajstić information content (AvgIpc) is 2.45. The van der Waals surface area contributed by atoms with E-state index in [4.69, 9.17) is 4.52 Å². The number of hydrogen-bond donors (Lipinski definition) is 0. The Balaban J connectivity index is 2.42. The van der Waals surface area contributed by atoms with Crippen molar-refractivity contribution in [3.05, 3.63) is 70.3 Å². The topological polar surface area (TPSA) is 26.3 Å². The van der Waals surface area contributed by atoms with Gasteiger partial charge in [0, 0.05) is 5.92 Å². The van der Waals surface area contributed by atoms with Gasteiger partial charge in [-0.25, -0.2) is 0 Å². The summed E-state index contributed by atoms with van der Waals surface area (Å²) in [6.45, 7) is 6.97. The van der Waals surface area contributed by atoms with E-state index in [2.05, 4.69) is 57.2 Å². The fourth-order valence-electron chi connectivity index (χ4n) is 3.12. The van der Waals surface area contributed by atoms with E-state index in [1.807, 2.05) is 6.07 Å². The van der Waals surface area contributed by atoms with Crippen LogP contribution in [0, 0.1) is 20.8 Å². The van der Waals surface area contributed by atoms with Gasteiger partial charge in [-0.2, -0.15) is 0 Å². The van der Waals surface area contributed by atoms with Gasteiger partial charge in [-0.15, -0.1) is 4.52 Å². The maximum absolute atomic E-state index is 10.6. The summed E-state index contributed by atoms with van der Waals surface area (Å²) in [4.78, 5) is 0. The van der Waals surface area contributed by atoms with E-state index in [0.29, 0.717) is 6.61 Å². The Kier molecular flexibility index (Phi) is 5.67. The number of rotatable bonds is 6. The molecule has 0 aliphatic carbocycles. The Hall–Kier alpha value is -1.50. The molecule has 0 aliphatic heterocycles. The molecule has 0 fully saturated rings. The molecule has 2 aromatic carbocycles. The molecule has 0 bridgehead atoms. The standard InChI is InChI=1S/C18H22O2P/c1-13-11-14(2)18(15(3)12-13)17(9-10-20-21-19)16-7-5-4-6-8-16/h4-8,11-12,17,21H,9-10H2,1-3H3/q+1. The van der Waals surface area contributed by atoms with E-state index >= 15 is 0 Å². The second kappa shape index (κ2) is 7.49. The van der Waals surface area contributed by atoms with Crippen LogP contribution in [0.5, 0.6) is 0 Å². The summed E-state index contributed by atoms with van der Waals surface area (Å²) in [6, 6.07) is 14.9. The van der Waals surface area contributed by atoms with Crippen LogP contribution in [0.15, 0.2) is 42.5 Å². The fraction of sp³-hybridized carbons (Fsp3) is 0.333. The second-order valence-electron chi connectivity index (χ2n) is 5.50. The molecular formula is C18H22O2P+. The predicted molar refractivity (Wildman–Crippen MR) is 88.5 cm³/mol. The molecular weight excluding hydrogens is 279 g/mol. The van der Waals surface area contributed by atoms with Gasteiger partial charge in [0.1, 0.15) is 6.61 Å². The molecule has 2 atom stereocenters. The summed E-state index contributed by atoms with van der Waals surface area (Å²) in [5, 5.41) is 0. The van der Waals surface area contributed by atoms with Crippen molar-refractivity contribution < 1.29 is 9.09 Å². The molecule has 0 spiro atoms. The highest BCUT2D eigenvalue weighted by atomic mass is 31.1. The zero-order valence-electron chi connectivity index (χ0n) is 12.8. The number of benzene rings is 2. The van der Waals surface area contributed by atoms with Crippen LogP contribution in [0.3, 0.4) is 0 Å². The summed E-state index contributed by atoms with van der Waals surface area (Å²) >= 11 is 0. The molecule has 2 rings (SSSR count). The van der Waals surface area contributed by atoms with Gasteiger partial charge in [-0.3, -0.25) is 0 Å². The Bertz CT molecular complexity index is 585. The lowest BCUT2D eigenvalue weighted by atomic mass is 9.83. The van der Waals surface area contributed by atoms with Gasteiger partial charge in [0.05, 0.1) is 0 Å². The molecule has 0 N–H and O–H groups in total. The second-order valence-corrected chi connectivity index (χ2v) is 5.95. The Morgan fingerprint density at radius 3 is 2.24 bits per heavy atom. The van der Waals surface area contributed by atoms with E-state index in [1.54, 1.807) is 0 Å². The highest BCUT2D eigenvalue weighted by Crippen LogP contribution is 2.33. The molecule has 2 nitrogen and oxygen atoms in total. The first-order valence-corrected chi connectivity index (χ1v) is 8.06. The SMILES string of the molecule is Cc1cc(C)c(C(CCO[PH+]=O)c2ccccc2)c(C)c1. The number of aryl methyl sites for hydroxylation is 3. The quantitative estimate of drug-likeness (QED) is 0.549. The first kappa shape index (κ1) is 15.9. The van der Waals surface area contributed by atoms with Crippen molar-refractivity contribution in [1.82, 2.24) is 0 Å². The monoisotopic (exact) mass is 301 g/mol. The minimum absolute atomic E-state index is 0.281. The third kappa shape index (κ3) is 4.00. The summed E-state index contributed by atoms with van der Waals surface area (Å²) in [5.74, 6) is 0.281. The first-order valence-electron chi connectivity index (χ1n) is 7.25. The number of hydrogen-bond acceptors (Lipinski definition) is 2. The normalized spacial score (nSPS) is 12.5. The zero-order chi connectivity index (χ0) is 15.2. The molecule has 2 unspecified atom stereocenters. The van der Waals surface area contributed by atoms with Gasteiger partial charge >= 0.3 is 8.69 Å². The van der Waals surface area contributed by atoms with Crippen molar-refractivity contribution in [2.24, 2.45) is 0 Å². The lowest BCUT2D eigenvalue weighted by Crippen LogP contribution is -2.08. The van der Waals surface area contributed by atoms with Crippen LogP contribution in [0.25, 0.3) is 0 Å². The minimum Gasteiger partial charge on any atom is -0.148 e. The molecule has 0 aromatic heterocycles. The van der Waals surface area contributed by atoms with Crippen molar-refractivity contribution in [3.8, 4) is 0 Å². The van der Waals surface area contributed by atoms with E-state index in [-0.39, 0.29) is 5.92 Å². The van der Waals surface area contributed by atoms with E-state index in [9.17, 15) is 4.57 Å². The van der Waals surface area contributed by atoms with Crippen LogP contribution < -0.4 is 0 Å². The van der Waals surface area contributed by atoms with Crippen molar-refractivity contribution in [2.45, 2.75) is 33.1 Å². The van der Waals surface area contributed by atoms with Crippen molar-refractivity contribution >= 4 is 8.69 Å². The van der Waals surface area contributed by atoms with Gasteiger partial charge in [0.2, 0.25) is 0 Å². The minimum atomic E-state index is -0.685. The van der Waals surface area contributed by atoms with Gasteiger partial charge < -0.3 is 0 Å². The molecule has 0 saturated carbocycles. The first-order chi connectivity index (χ1) is 10.1. The average molecular weight is 301 g/mol.